The average molecular weight is 305 g/mol. The predicted molar refractivity (Wildman–Crippen MR) is 83.4 cm³/mol. The molecular formula is C16H17ClN2O2. The summed E-state index contributed by atoms with van der Waals surface area (Å²) in [5.41, 5.74) is 5.39. The van der Waals surface area contributed by atoms with Crippen LogP contribution in [0.25, 0.3) is 5.57 Å². The van der Waals surface area contributed by atoms with Crippen molar-refractivity contribution in [2.75, 3.05) is 0 Å². The largest absolute Gasteiger partial charge is 0.481 e. The lowest BCUT2D eigenvalue weighted by atomic mass is 9.93. The highest BCUT2D eigenvalue weighted by molar-refractivity contribution is 6.29. The molecule has 2 rings (SSSR count). The molecule has 0 fully saturated rings. The van der Waals surface area contributed by atoms with Gasteiger partial charge in [0.05, 0.1) is 17.3 Å². The molecule has 0 saturated heterocycles. The lowest BCUT2D eigenvalue weighted by molar-refractivity contribution is -0.138. The third kappa shape index (κ3) is 2.85. The second kappa shape index (κ2) is 6.14. The number of rotatable bonds is 4. The summed E-state index contributed by atoms with van der Waals surface area (Å²) in [5.74, 6) is -1.55. The van der Waals surface area contributed by atoms with Gasteiger partial charge in [-0.25, -0.2) is 0 Å². The summed E-state index contributed by atoms with van der Waals surface area (Å²) in [4.78, 5) is 11.4. The SMILES string of the molecule is Cc1nn(C)c(C(C)C(=O)O)c1/C(=C/Cl)c1ccccc1. The second-order valence-corrected chi connectivity index (χ2v) is 5.14. The zero-order chi connectivity index (χ0) is 15.6. The minimum Gasteiger partial charge on any atom is -0.481 e. The molecule has 0 aliphatic carbocycles. The number of hydrogen-bond donors (Lipinski definition) is 1. The molecule has 21 heavy (non-hydrogen) atoms. The Bertz CT molecular complexity index is 690. The minimum atomic E-state index is -0.888. The van der Waals surface area contributed by atoms with Crippen LogP contribution in [0.5, 0.6) is 0 Å². The van der Waals surface area contributed by atoms with Crippen LogP contribution in [-0.2, 0) is 11.8 Å². The van der Waals surface area contributed by atoms with Crippen LogP contribution in [0.2, 0.25) is 0 Å². The van der Waals surface area contributed by atoms with Gasteiger partial charge in [-0.2, -0.15) is 5.10 Å². The van der Waals surface area contributed by atoms with Crippen molar-refractivity contribution in [1.82, 2.24) is 9.78 Å². The highest BCUT2D eigenvalue weighted by Gasteiger charge is 2.26. The van der Waals surface area contributed by atoms with Crippen molar-refractivity contribution in [1.29, 1.82) is 0 Å². The summed E-state index contributed by atoms with van der Waals surface area (Å²) in [6.07, 6.45) is 0. The number of halogens is 1. The Morgan fingerprint density at radius 2 is 2.00 bits per heavy atom. The molecule has 2 aromatic rings. The first kappa shape index (κ1) is 15.3. The summed E-state index contributed by atoms with van der Waals surface area (Å²) in [6, 6.07) is 9.64. The van der Waals surface area contributed by atoms with Gasteiger partial charge < -0.3 is 5.11 Å². The average Bonchev–Trinajstić information content (AvgIpc) is 2.75. The van der Waals surface area contributed by atoms with Gasteiger partial charge in [0.15, 0.2) is 0 Å². The zero-order valence-electron chi connectivity index (χ0n) is 12.2. The Morgan fingerprint density at radius 3 is 2.52 bits per heavy atom. The van der Waals surface area contributed by atoms with Crippen molar-refractivity contribution in [3.8, 4) is 0 Å². The first-order valence-corrected chi connectivity index (χ1v) is 7.03. The smallest absolute Gasteiger partial charge is 0.312 e. The number of aromatic nitrogens is 2. The summed E-state index contributed by atoms with van der Waals surface area (Å²) in [5, 5.41) is 13.7. The fourth-order valence-corrected chi connectivity index (χ4v) is 2.74. The molecule has 5 heteroatoms. The number of aliphatic carboxylic acids is 1. The Kier molecular flexibility index (Phi) is 4.48. The van der Waals surface area contributed by atoms with Crippen molar-refractivity contribution < 1.29 is 9.90 Å². The van der Waals surface area contributed by atoms with Gasteiger partial charge >= 0.3 is 5.97 Å². The maximum Gasteiger partial charge on any atom is 0.312 e. The van der Waals surface area contributed by atoms with Gasteiger partial charge in [-0.05, 0) is 19.4 Å². The molecule has 0 bridgehead atoms. The number of carboxylic acids is 1. The lowest BCUT2D eigenvalue weighted by Crippen LogP contribution is -2.13. The highest BCUT2D eigenvalue weighted by Crippen LogP contribution is 2.33. The van der Waals surface area contributed by atoms with Gasteiger partial charge in [0, 0.05) is 23.7 Å². The van der Waals surface area contributed by atoms with E-state index >= 15 is 0 Å². The molecule has 1 unspecified atom stereocenters. The van der Waals surface area contributed by atoms with Gasteiger partial charge in [0.25, 0.3) is 0 Å². The van der Waals surface area contributed by atoms with Crippen molar-refractivity contribution in [2.24, 2.45) is 7.05 Å². The van der Waals surface area contributed by atoms with Gasteiger partial charge in [0.1, 0.15) is 0 Å². The fraction of sp³-hybridized carbons (Fsp3) is 0.250. The first-order valence-electron chi connectivity index (χ1n) is 6.59. The van der Waals surface area contributed by atoms with Crippen molar-refractivity contribution in [3.63, 3.8) is 0 Å². The molecule has 0 saturated carbocycles. The van der Waals surface area contributed by atoms with Crippen LogP contribution in [0.15, 0.2) is 35.9 Å². The quantitative estimate of drug-likeness (QED) is 0.940. The summed E-state index contributed by atoms with van der Waals surface area (Å²) in [7, 11) is 1.75. The Balaban J connectivity index is 2.66. The van der Waals surface area contributed by atoms with Gasteiger partial charge in [-0.3, -0.25) is 9.48 Å². The molecule has 0 aliphatic heterocycles. The van der Waals surface area contributed by atoms with E-state index in [0.717, 1.165) is 22.4 Å². The molecule has 0 radical (unpaired) electrons. The van der Waals surface area contributed by atoms with Crippen LogP contribution in [0.1, 0.15) is 35.4 Å². The first-order chi connectivity index (χ1) is 9.97. The number of hydrogen-bond acceptors (Lipinski definition) is 2. The molecule has 4 nitrogen and oxygen atoms in total. The maximum atomic E-state index is 11.4. The van der Waals surface area contributed by atoms with E-state index in [1.54, 1.807) is 18.7 Å². The zero-order valence-corrected chi connectivity index (χ0v) is 12.9. The van der Waals surface area contributed by atoms with E-state index < -0.39 is 11.9 Å². The normalized spacial score (nSPS) is 13.2. The molecule has 1 atom stereocenters. The molecular weight excluding hydrogens is 288 g/mol. The van der Waals surface area contributed by atoms with Gasteiger partial charge in [0.2, 0.25) is 0 Å². The van der Waals surface area contributed by atoms with Crippen LogP contribution in [0.4, 0.5) is 0 Å². The number of aryl methyl sites for hydroxylation is 2. The molecule has 1 aromatic carbocycles. The maximum absolute atomic E-state index is 11.4. The van der Waals surface area contributed by atoms with E-state index in [1.165, 1.54) is 5.54 Å². The standard InChI is InChI=1S/C16H17ClN2O2/c1-10(16(20)21)15-14(11(2)18-19(15)3)13(9-17)12-7-5-4-6-8-12/h4-10H,1-3H3,(H,20,21)/b13-9+. The minimum absolute atomic E-state index is 0.649. The molecule has 1 heterocycles. The third-order valence-electron chi connectivity index (χ3n) is 3.51. The summed E-state index contributed by atoms with van der Waals surface area (Å²) >= 11 is 6.03. The topological polar surface area (TPSA) is 55.1 Å². The van der Waals surface area contributed by atoms with Gasteiger partial charge in [-0.15, -0.1) is 0 Å². The van der Waals surface area contributed by atoms with Crippen molar-refractivity contribution in [3.05, 3.63) is 58.4 Å². The number of nitrogens with zero attached hydrogens (tertiary/aromatic N) is 2. The second-order valence-electron chi connectivity index (χ2n) is 4.92. The molecule has 0 amide bonds. The number of carbonyl (C=O) groups is 1. The molecule has 1 aromatic heterocycles. The number of carboxylic acid groups (broad SMARTS) is 1. The van der Waals surface area contributed by atoms with Gasteiger partial charge in [-0.1, -0.05) is 41.9 Å². The van der Waals surface area contributed by atoms with E-state index in [4.69, 9.17) is 11.6 Å². The summed E-state index contributed by atoms with van der Waals surface area (Å²) in [6.45, 7) is 3.51. The van der Waals surface area contributed by atoms with Crippen molar-refractivity contribution >= 4 is 23.1 Å². The fourth-order valence-electron chi connectivity index (χ4n) is 2.50. The van der Waals surface area contributed by atoms with Crippen LogP contribution >= 0.6 is 11.6 Å². The summed E-state index contributed by atoms with van der Waals surface area (Å²) < 4.78 is 1.62. The molecule has 110 valence electrons. The van der Waals surface area contributed by atoms with Crippen LogP contribution in [0.3, 0.4) is 0 Å². The molecule has 0 spiro atoms. The Hall–Kier alpha value is -2.07. The number of benzene rings is 1. The highest BCUT2D eigenvalue weighted by atomic mass is 35.5. The predicted octanol–water partition coefficient (Wildman–Crippen LogP) is 3.54. The van der Waals surface area contributed by atoms with E-state index in [9.17, 15) is 9.90 Å². The monoisotopic (exact) mass is 304 g/mol. The third-order valence-corrected chi connectivity index (χ3v) is 3.73. The Morgan fingerprint density at radius 1 is 1.38 bits per heavy atom. The van der Waals surface area contributed by atoms with Crippen LogP contribution in [0, 0.1) is 6.92 Å². The molecule has 1 N–H and O–H groups in total. The van der Waals surface area contributed by atoms with Crippen molar-refractivity contribution in [2.45, 2.75) is 19.8 Å². The van der Waals surface area contributed by atoms with Crippen LogP contribution in [-0.4, -0.2) is 20.9 Å². The van der Waals surface area contributed by atoms with E-state index in [-0.39, 0.29) is 0 Å². The molecule has 0 aliphatic rings. The lowest BCUT2D eigenvalue weighted by Gasteiger charge is -2.13. The van der Waals surface area contributed by atoms with E-state index in [1.807, 2.05) is 37.3 Å². The Labute approximate surface area is 128 Å². The van der Waals surface area contributed by atoms with E-state index in [2.05, 4.69) is 5.10 Å². The van der Waals surface area contributed by atoms with Crippen LogP contribution < -0.4 is 0 Å². The van der Waals surface area contributed by atoms with E-state index in [0.29, 0.717) is 5.69 Å².